The SMILES string of the molecule is CC1(C)c2ccccc2-c2ccc(-c3ccc4sc5c(c4c3)c3ccccc3c3[nH]c4ccccc4c35)cc21. The van der Waals surface area contributed by atoms with Crippen LogP contribution in [0.1, 0.15) is 25.0 Å². The molecule has 2 heterocycles. The number of aromatic nitrogens is 1. The van der Waals surface area contributed by atoms with E-state index in [2.05, 4.69) is 128 Å². The van der Waals surface area contributed by atoms with Crippen molar-refractivity contribution in [2.75, 3.05) is 0 Å². The Balaban J connectivity index is 1.34. The number of hydrogen-bond acceptors (Lipinski definition) is 1. The molecule has 0 amide bonds. The molecule has 1 aliphatic rings. The minimum atomic E-state index is -0.00172. The molecule has 0 saturated carbocycles. The zero-order valence-corrected chi connectivity index (χ0v) is 22.6. The monoisotopic (exact) mass is 515 g/mol. The van der Waals surface area contributed by atoms with Gasteiger partial charge in [-0.1, -0.05) is 98.8 Å². The van der Waals surface area contributed by atoms with Crippen molar-refractivity contribution < 1.29 is 0 Å². The van der Waals surface area contributed by atoms with Crippen LogP contribution < -0.4 is 0 Å². The van der Waals surface area contributed by atoms with Gasteiger partial charge in [0.15, 0.2) is 0 Å². The van der Waals surface area contributed by atoms with E-state index in [1.165, 1.54) is 86.1 Å². The van der Waals surface area contributed by atoms with Crippen molar-refractivity contribution in [2.24, 2.45) is 0 Å². The van der Waals surface area contributed by atoms with Gasteiger partial charge in [0.05, 0.1) is 5.52 Å². The molecule has 39 heavy (non-hydrogen) atoms. The third-order valence-corrected chi connectivity index (χ3v) is 10.2. The molecule has 0 saturated heterocycles. The lowest BCUT2D eigenvalue weighted by atomic mass is 9.81. The molecule has 9 rings (SSSR count). The number of hydrogen-bond donors (Lipinski definition) is 1. The van der Waals surface area contributed by atoms with Crippen LogP contribution in [0.25, 0.3) is 75.0 Å². The summed E-state index contributed by atoms with van der Waals surface area (Å²) >= 11 is 1.92. The summed E-state index contributed by atoms with van der Waals surface area (Å²) in [5, 5.41) is 7.98. The summed E-state index contributed by atoms with van der Waals surface area (Å²) in [5.41, 5.74) is 10.6. The fourth-order valence-electron chi connectivity index (χ4n) is 7.10. The quantitative estimate of drug-likeness (QED) is 0.224. The van der Waals surface area contributed by atoms with Crippen LogP contribution in [0.15, 0.2) is 109 Å². The number of para-hydroxylation sites is 1. The first-order valence-corrected chi connectivity index (χ1v) is 14.4. The molecular weight excluding hydrogens is 490 g/mol. The average molecular weight is 516 g/mol. The zero-order valence-electron chi connectivity index (χ0n) is 21.8. The highest BCUT2D eigenvalue weighted by Gasteiger charge is 2.35. The first-order chi connectivity index (χ1) is 19.1. The predicted octanol–water partition coefficient (Wildman–Crippen LogP) is 10.8. The Labute approximate surface area is 230 Å². The van der Waals surface area contributed by atoms with E-state index in [4.69, 9.17) is 0 Å². The second kappa shape index (κ2) is 7.37. The molecule has 6 aromatic carbocycles. The van der Waals surface area contributed by atoms with Crippen LogP contribution in [0.2, 0.25) is 0 Å². The molecule has 2 aromatic heterocycles. The Morgan fingerprint density at radius 3 is 2.15 bits per heavy atom. The molecule has 1 N–H and O–H groups in total. The van der Waals surface area contributed by atoms with Crippen LogP contribution in [0, 0.1) is 0 Å². The molecule has 0 aliphatic heterocycles. The number of rotatable bonds is 1. The van der Waals surface area contributed by atoms with Gasteiger partial charge < -0.3 is 4.98 Å². The zero-order chi connectivity index (χ0) is 25.9. The second-order valence-electron chi connectivity index (χ2n) is 11.4. The molecule has 8 aromatic rings. The van der Waals surface area contributed by atoms with Gasteiger partial charge in [-0.05, 0) is 63.0 Å². The normalized spacial score (nSPS) is 14.1. The molecule has 0 spiro atoms. The summed E-state index contributed by atoms with van der Waals surface area (Å²) in [6.45, 7) is 4.71. The van der Waals surface area contributed by atoms with Crippen molar-refractivity contribution >= 4 is 64.1 Å². The number of nitrogens with one attached hydrogen (secondary N) is 1. The first kappa shape index (κ1) is 21.5. The Hall–Kier alpha value is -4.40. The van der Waals surface area contributed by atoms with E-state index in [-0.39, 0.29) is 5.41 Å². The van der Waals surface area contributed by atoms with Crippen LogP contribution in [0.5, 0.6) is 0 Å². The van der Waals surface area contributed by atoms with E-state index in [1.807, 2.05) is 11.3 Å². The molecule has 184 valence electrons. The molecule has 1 aliphatic carbocycles. The van der Waals surface area contributed by atoms with Crippen molar-refractivity contribution in [1.29, 1.82) is 0 Å². The Morgan fingerprint density at radius 2 is 1.26 bits per heavy atom. The van der Waals surface area contributed by atoms with Crippen molar-refractivity contribution in [3.8, 4) is 22.3 Å². The molecule has 0 fully saturated rings. The van der Waals surface area contributed by atoms with Gasteiger partial charge in [0.2, 0.25) is 0 Å². The number of aromatic amines is 1. The van der Waals surface area contributed by atoms with E-state index in [9.17, 15) is 0 Å². The molecular formula is C37H25NS. The maximum atomic E-state index is 3.74. The largest absolute Gasteiger partial charge is 0.354 e. The van der Waals surface area contributed by atoms with E-state index in [0.29, 0.717) is 0 Å². The van der Waals surface area contributed by atoms with Crippen molar-refractivity contribution in [3.63, 3.8) is 0 Å². The van der Waals surface area contributed by atoms with Gasteiger partial charge in [-0.25, -0.2) is 0 Å². The molecule has 0 unspecified atom stereocenters. The third-order valence-electron chi connectivity index (χ3n) is 9.00. The fourth-order valence-corrected chi connectivity index (χ4v) is 8.37. The van der Waals surface area contributed by atoms with Gasteiger partial charge in [-0.3, -0.25) is 0 Å². The standard InChI is InChI=1S/C37H25NS/c1-37(2)29-13-7-5-9-23(29)24-17-15-22(20-30(24)37)21-16-18-32-28(19-21)33-25-10-3-4-11-26(25)35-34(36(33)39-32)27-12-6-8-14-31(27)38-35/h3-20,38H,1-2H3. The van der Waals surface area contributed by atoms with E-state index >= 15 is 0 Å². The van der Waals surface area contributed by atoms with Crippen LogP contribution in [-0.2, 0) is 5.41 Å². The Bertz CT molecular complexity index is 2310. The minimum absolute atomic E-state index is 0.00172. The lowest BCUT2D eigenvalue weighted by Gasteiger charge is -2.22. The Kier molecular flexibility index (Phi) is 4.07. The summed E-state index contributed by atoms with van der Waals surface area (Å²) in [6.07, 6.45) is 0. The Morgan fingerprint density at radius 1 is 0.564 bits per heavy atom. The van der Waals surface area contributed by atoms with Crippen molar-refractivity contribution in [1.82, 2.24) is 4.98 Å². The number of thiophene rings is 1. The molecule has 0 bridgehead atoms. The fraction of sp³-hybridized carbons (Fsp3) is 0.0811. The van der Waals surface area contributed by atoms with Gasteiger partial charge >= 0.3 is 0 Å². The number of benzene rings is 6. The van der Waals surface area contributed by atoms with Crippen molar-refractivity contribution in [2.45, 2.75) is 19.3 Å². The molecule has 2 heteroatoms. The highest BCUT2D eigenvalue weighted by molar-refractivity contribution is 7.27. The van der Waals surface area contributed by atoms with E-state index < -0.39 is 0 Å². The van der Waals surface area contributed by atoms with Crippen molar-refractivity contribution in [3.05, 3.63) is 120 Å². The average Bonchev–Trinajstić information content (AvgIpc) is 3.61. The lowest BCUT2D eigenvalue weighted by molar-refractivity contribution is 0.660. The molecule has 0 atom stereocenters. The van der Waals surface area contributed by atoms with Gasteiger partial charge in [-0.2, -0.15) is 0 Å². The van der Waals surface area contributed by atoms with Gasteiger partial charge in [0, 0.05) is 47.3 Å². The number of fused-ring (bicyclic) bond motifs is 13. The minimum Gasteiger partial charge on any atom is -0.354 e. The van der Waals surface area contributed by atoms with Crippen LogP contribution >= 0.6 is 11.3 Å². The summed E-state index contributed by atoms with van der Waals surface area (Å²) in [5.74, 6) is 0. The topological polar surface area (TPSA) is 15.8 Å². The van der Waals surface area contributed by atoms with E-state index in [1.54, 1.807) is 0 Å². The predicted molar refractivity (Wildman–Crippen MR) is 169 cm³/mol. The summed E-state index contributed by atoms with van der Waals surface area (Å²) in [7, 11) is 0. The number of H-pyrrole nitrogens is 1. The van der Waals surface area contributed by atoms with Crippen LogP contribution in [0.3, 0.4) is 0 Å². The van der Waals surface area contributed by atoms with Crippen LogP contribution in [0.4, 0.5) is 0 Å². The smallest absolute Gasteiger partial charge is 0.0559 e. The molecule has 0 radical (unpaired) electrons. The highest BCUT2D eigenvalue weighted by atomic mass is 32.1. The first-order valence-electron chi connectivity index (χ1n) is 13.6. The van der Waals surface area contributed by atoms with Gasteiger partial charge in [-0.15, -0.1) is 11.3 Å². The van der Waals surface area contributed by atoms with Gasteiger partial charge in [0.1, 0.15) is 0 Å². The maximum Gasteiger partial charge on any atom is 0.0559 e. The third kappa shape index (κ3) is 2.74. The summed E-state index contributed by atoms with van der Waals surface area (Å²) in [6, 6.07) is 40.6. The highest BCUT2D eigenvalue weighted by Crippen LogP contribution is 2.50. The molecule has 1 nitrogen and oxygen atoms in total. The van der Waals surface area contributed by atoms with Crippen LogP contribution in [-0.4, -0.2) is 4.98 Å². The van der Waals surface area contributed by atoms with E-state index in [0.717, 1.165) is 0 Å². The summed E-state index contributed by atoms with van der Waals surface area (Å²) < 4.78 is 2.71. The van der Waals surface area contributed by atoms with Gasteiger partial charge in [0.25, 0.3) is 0 Å². The second-order valence-corrected chi connectivity index (χ2v) is 12.5. The lowest BCUT2D eigenvalue weighted by Crippen LogP contribution is -2.14. The summed E-state index contributed by atoms with van der Waals surface area (Å²) in [4.78, 5) is 3.74. The maximum absolute atomic E-state index is 3.74.